The van der Waals surface area contributed by atoms with Crippen molar-refractivity contribution in [2.45, 2.75) is 25.9 Å². The van der Waals surface area contributed by atoms with E-state index in [-0.39, 0.29) is 18.0 Å². The average Bonchev–Trinajstić information content (AvgIpc) is 3.53. The number of halogens is 3. The summed E-state index contributed by atoms with van der Waals surface area (Å²) >= 11 is 0. The smallest absolute Gasteiger partial charge is 0.418 e. The number of aromatic nitrogens is 2. The summed E-state index contributed by atoms with van der Waals surface area (Å²) in [6, 6.07) is 20.5. The fourth-order valence-corrected chi connectivity index (χ4v) is 5.25. The Balaban J connectivity index is 1.19. The molecule has 6 nitrogen and oxygen atoms in total. The molecule has 0 spiro atoms. The molecule has 0 radical (unpaired) electrons. The Labute approximate surface area is 222 Å². The van der Waals surface area contributed by atoms with Crippen molar-refractivity contribution in [3.05, 3.63) is 84.2 Å². The van der Waals surface area contributed by atoms with Gasteiger partial charge >= 0.3 is 6.18 Å². The van der Waals surface area contributed by atoms with Crippen molar-refractivity contribution in [3.8, 4) is 11.1 Å². The lowest BCUT2D eigenvalue weighted by Crippen LogP contribution is -2.24. The number of nitrogens with zero attached hydrogens (tertiary/aromatic N) is 3. The lowest BCUT2D eigenvalue weighted by Gasteiger charge is -2.18. The molecule has 0 saturated carbocycles. The minimum atomic E-state index is -4.61. The Hall–Kier alpha value is -4.40. The number of hydrogen-bond acceptors (Lipinski definition) is 5. The molecule has 9 heteroatoms. The summed E-state index contributed by atoms with van der Waals surface area (Å²) in [5.74, 6) is 0.793. The minimum Gasteiger partial charge on any atom is -0.450 e. The van der Waals surface area contributed by atoms with Crippen LogP contribution in [0.3, 0.4) is 0 Å². The van der Waals surface area contributed by atoms with Gasteiger partial charge in [-0.15, -0.1) is 0 Å². The molecule has 0 unspecified atom stereocenters. The standard InChI is InChI=1S/C30H25F3N4O2/c1-18-34-27-22-9-5-6-10-25(22)39-28(27)29(35-18)37-14-13-19(17-37)15-26(38)36-24-12-11-21(16-23(24)30(31,32)33)20-7-3-2-4-8-20/h2-12,16,19H,13-15,17H2,1H3,(H,36,38)/t19-/m1/s1. The van der Waals surface area contributed by atoms with Gasteiger partial charge in [-0.1, -0.05) is 48.5 Å². The van der Waals surface area contributed by atoms with Crippen LogP contribution in [0.1, 0.15) is 24.2 Å². The van der Waals surface area contributed by atoms with E-state index in [0.29, 0.717) is 47.9 Å². The van der Waals surface area contributed by atoms with Gasteiger partial charge in [-0.3, -0.25) is 4.79 Å². The Morgan fingerprint density at radius 1 is 1.03 bits per heavy atom. The number of amides is 1. The number of carbonyl (C=O) groups is 1. The molecule has 0 bridgehead atoms. The largest absolute Gasteiger partial charge is 0.450 e. The summed E-state index contributed by atoms with van der Waals surface area (Å²) in [7, 11) is 0. The Morgan fingerprint density at radius 2 is 1.79 bits per heavy atom. The van der Waals surface area contributed by atoms with Crippen LogP contribution in [0.2, 0.25) is 0 Å². The Bertz CT molecular complexity index is 1680. The number of furan rings is 1. The molecule has 1 aliphatic rings. The number of rotatable bonds is 5. The second kappa shape index (κ2) is 9.72. The van der Waals surface area contributed by atoms with E-state index in [2.05, 4.69) is 20.2 Å². The van der Waals surface area contributed by atoms with Gasteiger partial charge < -0.3 is 14.6 Å². The summed E-state index contributed by atoms with van der Waals surface area (Å²) in [4.78, 5) is 24.2. The van der Waals surface area contributed by atoms with Gasteiger partial charge in [0.1, 0.15) is 16.9 Å². The van der Waals surface area contributed by atoms with Crippen molar-refractivity contribution in [2.24, 2.45) is 5.92 Å². The maximum Gasteiger partial charge on any atom is 0.418 e. The summed E-state index contributed by atoms with van der Waals surface area (Å²) in [6.07, 6.45) is -3.81. The van der Waals surface area contributed by atoms with E-state index < -0.39 is 17.6 Å². The van der Waals surface area contributed by atoms with Crippen LogP contribution in [-0.2, 0) is 11.0 Å². The van der Waals surface area contributed by atoms with E-state index in [4.69, 9.17) is 4.42 Å². The van der Waals surface area contributed by atoms with Gasteiger partial charge in [0.2, 0.25) is 5.91 Å². The molecule has 1 amide bonds. The molecule has 1 aliphatic heterocycles. The number of fused-ring (bicyclic) bond motifs is 3. The molecule has 1 atom stereocenters. The average molecular weight is 531 g/mol. The highest BCUT2D eigenvalue weighted by Crippen LogP contribution is 2.38. The van der Waals surface area contributed by atoms with Crippen molar-refractivity contribution in [1.29, 1.82) is 0 Å². The third-order valence-electron chi connectivity index (χ3n) is 7.08. The van der Waals surface area contributed by atoms with Crippen LogP contribution in [-0.4, -0.2) is 29.0 Å². The van der Waals surface area contributed by atoms with Gasteiger partial charge in [-0.2, -0.15) is 13.2 Å². The van der Waals surface area contributed by atoms with E-state index in [9.17, 15) is 18.0 Å². The van der Waals surface area contributed by atoms with Crippen LogP contribution < -0.4 is 10.2 Å². The second-order valence-corrected chi connectivity index (χ2v) is 9.85. The van der Waals surface area contributed by atoms with Crippen molar-refractivity contribution < 1.29 is 22.4 Å². The van der Waals surface area contributed by atoms with Crippen LogP contribution in [0.25, 0.3) is 33.2 Å². The molecule has 6 rings (SSSR count). The summed E-state index contributed by atoms with van der Waals surface area (Å²) in [5.41, 5.74) is 2.07. The van der Waals surface area contributed by atoms with Gasteiger partial charge in [-0.05, 0) is 54.7 Å². The fraction of sp³-hybridized carbons (Fsp3) is 0.233. The van der Waals surface area contributed by atoms with E-state index in [0.717, 1.165) is 22.6 Å². The highest BCUT2D eigenvalue weighted by molar-refractivity contribution is 6.05. The number of benzene rings is 3. The van der Waals surface area contributed by atoms with Crippen LogP contribution >= 0.6 is 0 Å². The number of alkyl halides is 3. The predicted molar refractivity (Wildman–Crippen MR) is 144 cm³/mol. The molecule has 1 N–H and O–H groups in total. The second-order valence-electron chi connectivity index (χ2n) is 9.85. The zero-order valence-electron chi connectivity index (χ0n) is 21.1. The highest BCUT2D eigenvalue weighted by atomic mass is 19.4. The molecule has 198 valence electrons. The Morgan fingerprint density at radius 3 is 2.59 bits per heavy atom. The number of nitrogens with one attached hydrogen (secondary N) is 1. The van der Waals surface area contributed by atoms with Crippen LogP contribution in [0.5, 0.6) is 0 Å². The zero-order chi connectivity index (χ0) is 27.1. The van der Waals surface area contributed by atoms with Gasteiger partial charge in [0.15, 0.2) is 11.4 Å². The van der Waals surface area contributed by atoms with Gasteiger partial charge in [0.05, 0.1) is 11.3 Å². The zero-order valence-corrected chi connectivity index (χ0v) is 21.1. The first-order chi connectivity index (χ1) is 18.8. The molecule has 3 heterocycles. The van der Waals surface area contributed by atoms with Gasteiger partial charge in [0, 0.05) is 24.9 Å². The number of para-hydroxylation sites is 1. The lowest BCUT2D eigenvalue weighted by molar-refractivity contribution is -0.136. The molecule has 1 fully saturated rings. The normalized spacial score (nSPS) is 15.8. The molecule has 39 heavy (non-hydrogen) atoms. The van der Waals surface area contributed by atoms with Crippen molar-refractivity contribution >= 4 is 39.5 Å². The molecular weight excluding hydrogens is 505 g/mol. The van der Waals surface area contributed by atoms with Crippen LogP contribution in [0, 0.1) is 12.8 Å². The monoisotopic (exact) mass is 530 g/mol. The number of aryl methyl sites for hydroxylation is 1. The minimum absolute atomic E-state index is 0.0439. The highest BCUT2D eigenvalue weighted by Gasteiger charge is 2.35. The molecule has 0 aliphatic carbocycles. The quantitative estimate of drug-likeness (QED) is 0.260. The first-order valence-electron chi connectivity index (χ1n) is 12.7. The molecule has 3 aromatic carbocycles. The van der Waals surface area contributed by atoms with E-state index in [1.165, 1.54) is 6.07 Å². The molecule has 1 saturated heterocycles. The number of hydrogen-bond donors (Lipinski definition) is 1. The van der Waals surface area contributed by atoms with Gasteiger partial charge in [-0.25, -0.2) is 9.97 Å². The SMILES string of the molecule is Cc1nc(N2CC[C@H](CC(=O)Nc3ccc(-c4ccccc4)cc3C(F)(F)F)C2)c2oc3ccccc3c2n1. The number of carbonyl (C=O) groups excluding carboxylic acids is 1. The van der Waals surface area contributed by atoms with Crippen molar-refractivity contribution in [3.63, 3.8) is 0 Å². The molecular formula is C30H25F3N4O2. The van der Waals surface area contributed by atoms with Gasteiger partial charge in [0.25, 0.3) is 0 Å². The maximum absolute atomic E-state index is 13.9. The first-order valence-corrected chi connectivity index (χ1v) is 12.7. The van der Waals surface area contributed by atoms with Crippen LogP contribution in [0.4, 0.5) is 24.7 Å². The van der Waals surface area contributed by atoms with E-state index in [1.807, 2.05) is 31.2 Å². The maximum atomic E-state index is 13.9. The molecule has 2 aromatic heterocycles. The van der Waals surface area contributed by atoms with E-state index in [1.54, 1.807) is 36.4 Å². The summed E-state index contributed by atoms with van der Waals surface area (Å²) < 4.78 is 47.8. The summed E-state index contributed by atoms with van der Waals surface area (Å²) in [5, 5.41) is 3.42. The first kappa shape index (κ1) is 24.9. The van der Waals surface area contributed by atoms with Crippen molar-refractivity contribution in [1.82, 2.24) is 9.97 Å². The van der Waals surface area contributed by atoms with Crippen molar-refractivity contribution in [2.75, 3.05) is 23.3 Å². The third kappa shape index (κ3) is 4.92. The number of anilines is 2. The topological polar surface area (TPSA) is 71.3 Å². The predicted octanol–water partition coefficient (Wildman–Crippen LogP) is 7.23. The third-order valence-corrected chi connectivity index (χ3v) is 7.08. The lowest BCUT2D eigenvalue weighted by atomic mass is 10.0. The Kier molecular flexibility index (Phi) is 6.21. The summed E-state index contributed by atoms with van der Waals surface area (Å²) in [6.45, 7) is 3.02. The van der Waals surface area contributed by atoms with Crippen LogP contribution in [0.15, 0.2) is 77.2 Å². The molecule has 5 aromatic rings. The fourth-order valence-electron chi connectivity index (χ4n) is 5.25. The van der Waals surface area contributed by atoms with E-state index >= 15 is 0 Å².